The van der Waals surface area contributed by atoms with Crippen LogP contribution in [0, 0.1) is 11.7 Å². The number of nitrogens with zero attached hydrogens (tertiary/aromatic N) is 1. The van der Waals surface area contributed by atoms with E-state index >= 15 is 0 Å². The lowest BCUT2D eigenvalue weighted by Crippen LogP contribution is -2.35. The molecule has 0 amide bonds. The van der Waals surface area contributed by atoms with E-state index in [0.29, 0.717) is 13.1 Å². The molecule has 0 saturated heterocycles. The molecule has 6 heteroatoms. The minimum atomic E-state index is -3.80. The van der Waals surface area contributed by atoms with Gasteiger partial charge in [0, 0.05) is 13.1 Å². The van der Waals surface area contributed by atoms with Crippen LogP contribution in [0.5, 0.6) is 0 Å². The second-order valence-electron chi connectivity index (χ2n) is 5.05. The standard InChI is InChI=1S/C15H24FNO3S/c1-4-12(5-2)10-17(6-3)21(19,20)15-9-14(16)8-7-13(15)11-18/h7-9,12,18H,4-6,10-11H2,1-3H3. The van der Waals surface area contributed by atoms with Crippen LogP contribution in [0.1, 0.15) is 39.2 Å². The van der Waals surface area contributed by atoms with Crippen molar-refractivity contribution in [1.82, 2.24) is 4.31 Å². The molecule has 0 aliphatic rings. The molecule has 1 aromatic carbocycles. The molecule has 0 aromatic heterocycles. The summed E-state index contributed by atoms with van der Waals surface area (Å²) in [6, 6.07) is 3.45. The minimum absolute atomic E-state index is 0.141. The zero-order valence-corrected chi connectivity index (χ0v) is 13.7. The van der Waals surface area contributed by atoms with Gasteiger partial charge in [0.25, 0.3) is 0 Å². The Hall–Kier alpha value is -0.980. The first kappa shape index (κ1) is 18.1. The molecule has 1 N–H and O–H groups in total. The monoisotopic (exact) mass is 317 g/mol. The molecule has 120 valence electrons. The molecule has 21 heavy (non-hydrogen) atoms. The summed E-state index contributed by atoms with van der Waals surface area (Å²) in [4.78, 5) is -0.141. The number of aliphatic hydroxyl groups excluding tert-OH is 1. The molecule has 4 nitrogen and oxygen atoms in total. The van der Waals surface area contributed by atoms with E-state index in [2.05, 4.69) is 0 Å². The molecule has 0 unspecified atom stereocenters. The number of sulfonamides is 1. The van der Waals surface area contributed by atoms with E-state index in [1.807, 2.05) is 13.8 Å². The summed E-state index contributed by atoms with van der Waals surface area (Å²) in [5.74, 6) is -0.352. The van der Waals surface area contributed by atoms with Crippen LogP contribution in [0.25, 0.3) is 0 Å². The SMILES string of the molecule is CCC(CC)CN(CC)S(=O)(=O)c1cc(F)ccc1CO. The van der Waals surface area contributed by atoms with Crippen LogP contribution in [0.4, 0.5) is 4.39 Å². The topological polar surface area (TPSA) is 57.6 Å². The third-order valence-corrected chi connectivity index (χ3v) is 5.81. The number of halogens is 1. The Kier molecular flexibility index (Phi) is 6.77. The van der Waals surface area contributed by atoms with Gasteiger partial charge in [0.05, 0.1) is 11.5 Å². The van der Waals surface area contributed by atoms with Crippen LogP contribution in [0.3, 0.4) is 0 Å². The Labute approximate surface area is 126 Å². The van der Waals surface area contributed by atoms with Crippen LogP contribution in [0.2, 0.25) is 0 Å². The van der Waals surface area contributed by atoms with E-state index in [1.54, 1.807) is 6.92 Å². The summed E-state index contributed by atoms with van der Waals surface area (Å²) >= 11 is 0. The van der Waals surface area contributed by atoms with Crippen molar-refractivity contribution in [1.29, 1.82) is 0 Å². The van der Waals surface area contributed by atoms with Crippen molar-refractivity contribution in [3.63, 3.8) is 0 Å². The third-order valence-electron chi connectivity index (χ3n) is 3.79. The van der Waals surface area contributed by atoms with Crippen LogP contribution in [-0.2, 0) is 16.6 Å². The molecule has 1 aromatic rings. The van der Waals surface area contributed by atoms with Gasteiger partial charge in [-0.05, 0) is 23.6 Å². The van der Waals surface area contributed by atoms with Crippen molar-refractivity contribution in [2.75, 3.05) is 13.1 Å². The van der Waals surface area contributed by atoms with Gasteiger partial charge >= 0.3 is 0 Å². The zero-order valence-electron chi connectivity index (χ0n) is 12.8. The molecule has 0 fully saturated rings. The first-order valence-electron chi connectivity index (χ1n) is 7.30. The summed E-state index contributed by atoms with van der Waals surface area (Å²) in [5.41, 5.74) is 0.222. The van der Waals surface area contributed by atoms with Crippen molar-refractivity contribution < 1.29 is 17.9 Å². The van der Waals surface area contributed by atoms with Gasteiger partial charge < -0.3 is 5.11 Å². The lowest BCUT2D eigenvalue weighted by molar-refractivity contribution is 0.277. The number of rotatable bonds is 8. The van der Waals surface area contributed by atoms with Gasteiger partial charge in [-0.25, -0.2) is 12.8 Å². The quantitative estimate of drug-likeness (QED) is 0.802. The molecule has 0 saturated carbocycles. The molecule has 0 aliphatic carbocycles. The Morgan fingerprint density at radius 1 is 1.24 bits per heavy atom. The lowest BCUT2D eigenvalue weighted by Gasteiger charge is -2.25. The highest BCUT2D eigenvalue weighted by Gasteiger charge is 2.27. The van der Waals surface area contributed by atoms with Gasteiger partial charge in [-0.2, -0.15) is 4.31 Å². The fraction of sp³-hybridized carbons (Fsp3) is 0.600. The van der Waals surface area contributed by atoms with Crippen LogP contribution in [0.15, 0.2) is 23.1 Å². The maximum Gasteiger partial charge on any atom is 0.243 e. The highest BCUT2D eigenvalue weighted by molar-refractivity contribution is 7.89. The van der Waals surface area contributed by atoms with E-state index < -0.39 is 22.4 Å². The fourth-order valence-corrected chi connectivity index (χ4v) is 4.02. The molecule has 0 aliphatic heterocycles. The second kappa shape index (κ2) is 7.87. The first-order chi connectivity index (χ1) is 9.90. The van der Waals surface area contributed by atoms with Crippen molar-refractivity contribution >= 4 is 10.0 Å². The number of benzene rings is 1. The van der Waals surface area contributed by atoms with Crippen LogP contribution in [-0.4, -0.2) is 30.9 Å². The molecular formula is C15H24FNO3S. The molecule has 0 radical (unpaired) electrons. The Balaban J connectivity index is 3.21. The van der Waals surface area contributed by atoms with Gasteiger partial charge in [-0.1, -0.05) is 39.7 Å². The summed E-state index contributed by atoms with van der Waals surface area (Å²) in [5, 5.41) is 9.30. The van der Waals surface area contributed by atoms with Crippen molar-refractivity contribution in [2.24, 2.45) is 5.92 Å². The first-order valence-corrected chi connectivity index (χ1v) is 8.74. The maximum atomic E-state index is 13.4. The number of hydrogen-bond acceptors (Lipinski definition) is 3. The van der Waals surface area contributed by atoms with Gasteiger partial charge in [-0.15, -0.1) is 0 Å². The van der Waals surface area contributed by atoms with E-state index in [1.165, 1.54) is 10.4 Å². The van der Waals surface area contributed by atoms with Gasteiger partial charge in [0.15, 0.2) is 0 Å². The smallest absolute Gasteiger partial charge is 0.243 e. The predicted molar refractivity (Wildman–Crippen MR) is 80.8 cm³/mol. The van der Waals surface area contributed by atoms with E-state index in [-0.39, 0.29) is 16.4 Å². The summed E-state index contributed by atoms with van der Waals surface area (Å²) in [6.07, 6.45) is 1.77. The van der Waals surface area contributed by atoms with E-state index in [9.17, 15) is 17.9 Å². The summed E-state index contributed by atoms with van der Waals surface area (Å²) < 4.78 is 40.2. The molecule has 1 rings (SSSR count). The Morgan fingerprint density at radius 3 is 2.33 bits per heavy atom. The predicted octanol–water partition coefficient (Wildman–Crippen LogP) is 2.76. The normalized spacial score (nSPS) is 12.3. The van der Waals surface area contributed by atoms with Crippen LogP contribution >= 0.6 is 0 Å². The van der Waals surface area contributed by atoms with Crippen molar-refractivity contribution in [2.45, 2.75) is 45.1 Å². The van der Waals surface area contributed by atoms with Crippen molar-refractivity contribution in [3.8, 4) is 0 Å². The number of hydrogen-bond donors (Lipinski definition) is 1. The van der Waals surface area contributed by atoms with Gasteiger partial charge in [0.2, 0.25) is 10.0 Å². The summed E-state index contributed by atoms with van der Waals surface area (Å²) in [7, 11) is -3.80. The average Bonchev–Trinajstić information content (AvgIpc) is 2.48. The minimum Gasteiger partial charge on any atom is -0.392 e. The third kappa shape index (κ3) is 4.25. The fourth-order valence-electron chi connectivity index (χ4n) is 2.27. The summed E-state index contributed by atoms with van der Waals surface area (Å²) in [6.45, 7) is 6.11. The highest BCUT2D eigenvalue weighted by Crippen LogP contribution is 2.23. The molecule has 0 heterocycles. The molecule has 0 atom stereocenters. The van der Waals surface area contributed by atoms with Crippen LogP contribution < -0.4 is 0 Å². The van der Waals surface area contributed by atoms with E-state index in [0.717, 1.165) is 25.0 Å². The zero-order chi connectivity index (χ0) is 16.0. The Bertz CT molecular complexity index is 556. The molecule has 0 bridgehead atoms. The number of aliphatic hydroxyl groups is 1. The highest BCUT2D eigenvalue weighted by atomic mass is 32.2. The van der Waals surface area contributed by atoms with Gasteiger partial charge in [0.1, 0.15) is 5.82 Å². The van der Waals surface area contributed by atoms with E-state index in [4.69, 9.17) is 0 Å². The average molecular weight is 317 g/mol. The largest absolute Gasteiger partial charge is 0.392 e. The maximum absolute atomic E-state index is 13.4. The second-order valence-corrected chi connectivity index (χ2v) is 6.95. The molecular weight excluding hydrogens is 293 g/mol. The van der Waals surface area contributed by atoms with Crippen molar-refractivity contribution in [3.05, 3.63) is 29.6 Å². The Morgan fingerprint density at radius 2 is 1.86 bits per heavy atom. The van der Waals surface area contributed by atoms with Gasteiger partial charge in [-0.3, -0.25) is 0 Å². The molecule has 0 spiro atoms. The lowest BCUT2D eigenvalue weighted by atomic mass is 10.0.